The van der Waals surface area contributed by atoms with Gasteiger partial charge in [-0.1, -0.05) is 52.7 Å². The SMILES string of the molecule is COC(=O)C1CCCCCC(=O)NC(Cc2ccc(OP(=O)(O)O)cc2)C(=O)N[C@@H](C(C)C)C(=O)N[C@@H](CC(N)=O)C(=O)NC(C(C)C)C(=O)N1. The molecule has 1 aliphatic rings. The number of phosphoric acid groups is 1. The molecule has 1 aliphatic heterocycles. The van der Waals surface area contributed by atoms with Crippen LogP contribution in [0.2, 0.25) is 0 Å². The molecule has 5 atom stereocenters. The first-order valence-electron chi connectivity index (χ1n) is 16.5. The fourth-order valence-corrected chi connectivity index (χ4v) is 5.64. The van der Waals surface area contributed by atoms with Gasteiger partial charge in [0.25, 0.3) is 0 Å². The van der Waals surface area contributed by atoms with Gasteiger partial charge in [-0.2, -0.15) is 0 Å². The Bertz CT molecular complexity index is 1460. The van der Waals surface area contributed by atoms with Gasteiger partial charge < -0.3 is 41.6 Å². The van der Waals surface area contributed by atoms with E-state index in [1.165, 1.54) is 24.3 Å². The third kappa shape index (κ3) is 14.7. The standard InChI is InChI=1S/C32H49N6O12P/c1-17(2)26-30(43)35-21(32(45)49-5)9-7-6-8-10-25(40)34-22(15-19-11-13-20(14-12-19)50-51(46,47)48)28(41)37-27(18(3)4)31(44)36-23(16-24(33)39)29(42)38-26/h11-14,17-18,21-23,26-27H,6-10,15-16H2,1-5H3,(H2,33,39)(H,34,40)(H,35,43)(H,36,44)(H,37,41)(H,38,42)(H2,46,47,48)/t21?,22?,23-,26?,27-/m0/s1. The van der Waals surface area contributed by atoms with E-state index in [9.17, 15) is 38.1 Å². The molecule has 0 radical (unpaired) electrons. The third-order valence-corrected chi connectivity index (χ3v) is 8.42. The normalized spacial score (nSPS) is 23.6. The summed E-state index contributed by atoms with van der Waals surface area (Å²) in [6.45, 7) is 6.54. The van der Waals surface area contributed by atoms with Crippen molar-refractivity contribution in [2.24, 2.45) is 17.6 Å². The zero-order chi connectivity index (χ0) is 38.5. The molecule has 1 fully saturated rings. The number of carbonyl (C=O) groups is 7. The smallest absolute Gasteiger partial charge is 0.467 e. The number of methoxy groups -OCH3 is 1. The maximum absolute atomic E-state index is 13.7. The summed E-state index contributed by atoms with van der Waals surface area (Å²) < 4.78 is 20.6. The van der Waals surface area contributed by atoms with Crippen LogP contribution in [0.4, 0.5) is 0 Å². The monoisotopic (exact) mass is 740 g/mol. The minimum Gasteiger partial charge on any atom is -0.467 e. The summed E-state index contributed by atoms with van der Waals surface area (Å²) in [6, 6.07) is -0.844. The number of amides is 6. The number of nitrogens with two attached hydrogens (primary N) is 1. The molecule has 0 bridgehead atoms. The Morgan fingerprint density at radius 2 is 1.35 bits per heavy atom. The van der Waals surface area contributed by atoms with E-state index in [-0.39, 0.29) is 25.0 Å². The average Bonchev–Trinajstić information content (AvgIpc) is 3.03. The number of primary amides is 1. The number of benzene rings is 1. The number of ether oxygens (including phenoxy) is 1. The highest BCUT2D eigenvalue weighted by molar-refractivity contribution is 7.46. The average molecular weight is 741 g/mol. The molecule has 0 aliphatic carbocycles. The van der Waals surface area contributed by atoms with E-state index in [2.05, 4.69) is 31.1 Å². The Labute approximate surface area is 295 Å². The molecule has 1 aromatic rings. The van der Waals surface area contributed by atoms with E-state index in [0.29, 0.717) is 24.8 Å². The Balaban J connectivity index is 2.47. The number of rotatable bonds is 9. The lowest BCUT2D eigenvalue weighted by Crippen LogP contribution is -2.61. The third-order valence-electron chi connectivity index (χ3n) is 7.97. The Morgan fingerprint density at radius 3 is 1.86 bits per heavy atom. The Hall–Kier alpha value is -4.54. The fourth-order valence-electron chi connectivity index (χ4n) is 5.25. The predicted molar refractivity (Wildman–Crippen MR) is 181 cm³/mol. The summed E-state index contributed by atoms with van der Waals surface area (Å²) in [6.07, 6.45) is 0.642. The van der Waals surface area contributed by atoms with Crippen LogP contribution < -0.4 is 36.8 Å². The molecule has 1 heterocycles. The maximum Gasteiger partial charge on any atom is 0.524 e. The van der Waals surface area contributed by atoms with Crippen molar-refractivity contribution in [2.45, 2.75) is 103 Å². The van der Waals surface area contributed by atoms with Crippen LogP contribution in [0, 0.1) is 11.8 Å². The van der Waals surface area contributed by atoms with Gasteiger partial charge in [-0.3, -0.25) is 38.6 Å². The highest BCUT2D eigenvalue weighted by Gasteiger charge is 2.35. The van der Waals surface area contributed by atoms with Gasteiger partial charge >= 0.3 is 13.8 Å². The van der Waals surface area contributed by atoms with E-state index < -0.39 is 97.7 Å². The quantitative estimate of drug-likeness (QED) is 0.117. The second-order valence-electron chi connectivity index (χ2n) is 12.9. The zero-order valence-electron chi connectivity index (χ0n) is 29.3. The van der Waals surface area contributed by atoms with Gasteiger partial charge in [0.15, 0.2) is 0 Å². The molecule has 0 spiro atoms. The first kappa shape index (κ1) is 42.6. The van der Waals surface area contributed by atoms with Crippen molar-refractivity contribution in [3.8, 4) is 5.75 Å². The lowest BCUT2D eigenvalue weighted by Gasteiger charge is -2.29. The molecule has 284 valence electrons. The molecule has 1 saturated heterocycles. The summed E-state index contributed by atoms with van der Waals surface area (Å²) in [5.74, 6) is -6.55. The van der Waals surface area contributed by atoms with Crippen LogP contribution in [0.1, 0.15) is 71.8 Å². The van der Waals surface area contributed by atoms with Crippen molar-refractivity contribution in [3.05, 3.63) is 29.8 Å². The number of hydrogen-bond acceptors (Lipinski definition) is 10. The topological polar surface area (TPSA) is 282 Å². The highest BCUT2D eigenvalue weighted by atomic mass is 31.2. The van der Waals surface area contributed by atoms with Crippen molar-refractivity contribution in [1.29, 1.82) is 0 Å². The van der Waals surface area contributed by atoms with Crippen molar-refractivity contribution in [2.75, 3.05) is 7.11 Å². The molecular weight excluding hydrogens is 691 g/mol. The van der Waals surface area contributed by atoms with Gasteiger partial charge in [0.2, 0.25) is 35.4 Å². The Morgan fingerprint density at radius 1 is 0.804 bits per heavy atom. The molecular formula is C32H49N6O12P. The first-order chi connectivity index (χ1) is 23.8. The minimum atomic E-state index is -4.81. The van der Waals surface area contributed by atoms with Crippen molar-refractivity contribution >= 4 is 49.2 Å². The number of nitrogens with one attached hydrogen (secondary N) is 5. The first-order valence-corrected chi connectivity index (χ1v) is 18.0. The van der Waals surface area contributed by atoms with E-state index in [0.717, 1.165) is 7.11 Å². The molecule has 3 unspecified atom stereocenters. The second kappa shape index (κ2) is 19.7. The minimum absolute atomic E-state index is 0.00155. The van der Waals surface area contributed by atoms with Crippen LogP contribution >= 0.6 is 7.82 Å². The molecule has 51 heavy (non-hydrogen) atoms. The van der Waals surface area contributed by atoms with Gasteiger partial charge in [-0.05, 0) is 42.4 Å². The molecule has 0 saturated carbocycles. The summed E-state index contributed by atoms with van der Waals surface area (Å²) in [5, 5.41) is 12.9. The number of hydrogen-bond donors (Lipinski definition) is 8. The number of phosphoric ester groups is 1. The van der Waals surface area contributed by atoms with E-state index >= 15 is 0 Å². The molecule has 6 amide bonds. The van der Waals surface area contributed by atoms with Gasteiger partial charge in [0.1, 0.15) is 36.0 Å². The van der Waals surface area contributed by atoms with Crippen LogP contribution in [0.25, 0.3) is 0 Å². The van der Waals surface area contributed by atoms with Crippen LogP contribution in [-0.2, 0) is 49.3 Å². The molecule has 0 aromatic heterocycles. The predicted octanol–water partition coefficient (Wildman–Crippen LogP) is -0.551. The van der Waals surface area contributed by atoms with E-state index in [1.807, 2.05) is 0 Å². The van der Waals surface area contributed by atoms with Crippen molar-refractivity contribution in [1.82, 2.24) is 26.6 Å². The van der Waals surface area contributed by atoms with Crippen LogP contribution in [0.15, 0.2) is 24.3 Å². The van der Waals surface area contributed by atoms with Crippen LogP contribution in [-0.4, -0.2) is 88.5 Å². The van der Waals surface area contributed by atoms with E-state index in [1.54, 1.807) is 27.7 Å². The van der Waals surface area contributed by atoms with Crippen LogP contribution in [0.3, 0.4) is 0 Å². The zero-order valence-corrected chi connectivity index (χ0v) is 30.2. The Kier molecular flexibility index (Phi) is 16.5. The second-order valence-corrected chi connectivity index (χ2v) is 14.1. The molecule has 9 N–H and O–H groups in total. The van der Waals surface area contributed by atoms with Gasteiger partial charge in [0.05, 0.1) is 13.5 Å². The van der Waals surface area contributed by atoms with E-state index in [4.69, 9.17) is 20.3 Å². The lowest BCUT2D eigenvalue weighted by atomic mass is 9.99. The van der Waals surface area contributed by atoms with Gasteiger partial charge in [0, 0.05) is 12.8 Å². The van der Waals surface area contributed by atoms with Gasteiger partial charge in [-0.15, -0.1) is 0 Å². The highest BCUT2D eigenvalue weighted by Crippen LogP contribution is 2.37. The van der Waals surface area contributed by atoms with Crippen LogP contribution in [0.5, 0.6) is 5.75 Å². The maximum atomic E-state index is 13.7. The largest absolute Gasteiger partial charge is 0.524 e. The molecule has 1 aromatic carbocycles. The number of carbonyl (C=O) groups excluding carboxylic acids is 7. The molecule has 2 rings (SSSR count). The summed E-state index contributed by atoms with van der Waals surface area (Å²) >= 11 is 0. The summed E-state index contributed by atoms with van der Waals surface area (Å²) in [5.41, 5.74) is 5.86. The molecule has 18 nitrogen and oxygen atoms in total. The van der Waals surface area contributed by atoms with Gasteiger partial charge in [-0.25, -0.2) is 9.36 Å². The summed E-state index contributed by atoms with van der Waals surface area (Å²) in [4.78, 5) is 110. The number of esters is 1. The summed E-state index contributed by atoms with van der Waals surface area (Å²) in [7, 11) is -3.65. The van der Waals surface area contributed by atoms with Crippen molar-refractivity contribution in [3.63, 3.8) is 0 Å². The lowest BCUT2D eigenvalue weighted by molar-refractivity contribution is -0.146. The van der Waals surface area contributed by atoms with Crippen molar-refractivity contribution < 1.29 is 57.2 Å². The molecule has 19 heteroatoms. The fraction of sp³-hybridized carbons (Fsp3) is 0.594.